The van der Waals surface area contributed by atoms with Gasteiger partial charge in [0.05, 0.1) is 17.2 Å². The van der Waals surface area contributed by atoms with Crippen LogP contribution in [0.1, 0.15) is 24.3 Å². The topological polar surface area (TPSA) is 33.5 Å². The van der Waals surface area contributed by atoms with Gasteiger partial charge in [-0.2, -0.15) is 0 Å². The van der Waals surface area contributed by atoms with Crippen LogP contribution < -0.4 is 0 Å². The van der Waals surface area contributed by atoms with Crippen molar-refractivity contribution in [3.8, 4) is 0 Å². The van der Waals surface area contributed by atoms with E-state index in [-0.39, 0.29) is 11.9 Å². The number of thioether (sulfide) groups is 1. The molecule has 1 aromatic heterocycles. The van der Waals surface area contributed by atoms with Crippen molar-refractivity contribution in [2.24, 2.45) is 0 Å². The van der Waals surface area contributed by atoms with Gasteiger partial charge in [0, 0.05) is 6.08 Å². The first kappa shape index (κ1) is 14.1. The molecule has 0 unspecified atom stereocenters. The average molecular weight is 315 g/mol. The Kier molecular flexibility index (Phi) is 3.94. The largest absolute Gasteiger partial charge is 0.465 e. The van der Waals surface area contributed by atoms with Crippen LogP contribution in [0.4, 0.5) is 0 Å². The first-order valence-corrected chi connectivity index (χ1v) is 7.75. The van der Waals surface area contributed by atoms with Crippen LogP contribution in [0.3, 0.4) is 0 Å². The number of hydrogen-bond donors (Lipinski definition) is 0. The van der Waals surface area contributed by atoms with Gasteiger partial charge in [0.15, 0.2) is 0 Å². The summed E-state index contributed by atoms with van der Waals surface area (Å²) in [4.78, 5) is 14.8. The summed E-state index contributed by atoms with van der Waals surface area (Å²) in [7, 11) is 0. The Labute approximate surface area is 132 Å². The van der Waals surface area contributed by atoms with Crippen molar-refractivity contribution in [3.63, 3.8) is 0 Å². The van der Waals surface area contributed by atoms with Crippen LogP contribution in [-0.2, 0) is 4.79 Å². The van der Waals surface area contributed by atoms with Crippen LogP contribution in [0.2, 0.25) is 0 Å². The standard InChI is InChI=1S/C16H13NO2S2/c1-11(12-6-3-2-4-7-12)17-15(18)14(21-16(17)20)10-13-8-5-9-19-13/h2-11H,1H3/b14-10-/t11-/m1/s1. The lowest BCUT2D eigenvalue weighted by molar-refractivity contribution is -0.123. The molecule has 3 nitrogen and oxygen atoms in total. The van der Waals surface area contributed by atoms with Crippen molar-refractivity contribution >= 4 is 40.3 Å². The van der Waals surface area contributed by atoms with Crippen LogP contribution in [0.5, 0.6) is 0 Å². The van der Waals surface area contributed by atoms with E-state index < -0.39 is 0 Å². The monoisotopic (exact) mass is 315 g/mol. The predicted octanol–water partition coefficient (Wildman–Crippen LogP) is 4.24. The molecule has 1 aliphatic rings. The second-order valence-electron chi connectivity index (χ2n) is 4.65. The smallest absolute Gasteiger partial charge is 0.266 e. The highest BCUT2D eigenvalue weighted by atomic mass is 32.2. The van der Waals surface area contributed by atoms with Crippen LogP contribution in [-0.4, -0.2) is 15.1 Å². The lowest BCUT2D eigenvalue weighted by atomic mass is 10.1. The molecule has 3 rings (SSSR count). The Bertz CT molecular complexity index is 692. The van der Waals surface area contributed by atoms with E-state index in [1.807, 2.05) is 43.3 Å². The molecule has 1 aliphatic heterocycles. The molecule has 0 radical (unpaired) electrons. The van der Waals surface area contributed by atoms with Gasteiger partial charge in [-0.1, -0.05) is 54.3 Å². The third kappa shape index (κ3) is 2.80. The number of benzene rings is 1. The molecule has 2 heterocycles. The highest BCUT2D eigenvalue weighted by molar-refractivity contribution is 8.26. The van der Waals surface area contributed by atoms with Crippen molar-refractivity contribution in [2.75, 3.05) is 0 Å². The summed E-state index contributed by atoms with van der Waals surface area (Å²) >= 11 is 6.68. The molecule has 1 aromatic carbocycles. The van der Waals surface area contributed by atoms with E-state index in [1.54, 1.807) is 23.3 Å². The average Bonchev–Trinajstić information content (AvgIpc) is 3.09. The van der Waals surface area contributed by atoms with Gasteiger partial charge in [-0.15, -0.1) is 0 Å². The predicted molar refractivity (Wildman–Crippen MR) is 88.6 cm³/mol. The van der Waals surface area contributed by atoms with E-state index >= 15 is 0 Å². The van der Waals surface area contributed by atoms with Crippen molar-refractivity contribution < 1.29 is 9.21 Å². The van der Waals surface area contributed by atoms with Crippen molar-refractivity contribution in [2.45, 2.75) is 13.0 Å². The summed E-state index contributed by atoms with van der Waals surface area (Å²) in [5, 5.41) is 0. The molecule has 2 aromatic rings. The second-order valence-corrected chi connectivity index (χ2v) is 6.33. The summed E-state index contributed by atoms with van der Waals surface area (Å²) in [6.45, 7) is 1.98. The van der Waals surface area contributed by atoms with Gasteiger partial charge in [-0.3, -0.25) is 9.69 Å². The summed E-state index contributed by atoms with van der Waals surface area (Å²) < 4.78 is 5.83. The molecule has 21 heavy (non-hydrogen) atoms. The van der Waals surface area contributed by atoms with Crippen LogP contribution in [0.25, 0.3) is 6.08 Å². The van der Waals surface area contributed by atoms with Gasteiger partial charge in [-0.25, -0.2) is 0 Å². The van der Waals surface area contributed by atoms with Crippen molar-refractivity contribution in [1.29, 1.82) is 0 Å². The zero-order valence-corrected chi connectivity index (χ0v) is 13.0. The molecule has 0 aliphatic carbocycles. The van der Waals surface area contributed by atoms with Gasteiger partial charge >= 0.3 is 0 Å². The maximum atomic E-state index is 12.6. The van der Waals surface area contributed by atoms with E-state index in [1.165, 1.54) is 11.8 Å². The van der Waals surface area contributed by atoms with Crippen molar-refractivity contribution in [1.82, 2.24) is 4.90 Å². The lowest BCUT2D eigenvalue weighted by Gasteiger charge is -2.23. The SMILES string of the molecule is C[C@H](c1ccccc1)N1C(=O)/C(=C/c2ccco2)SC1=S. The molecule has 1 amide bonds. The molecule has 0 N–H and O–H groups in total. The lowest BCUT2D eigenvalue weighted by Crippen LogP contribution is -2.30. The molecule has 5 heteroatoms. The number of hydrogen-bond acceptors (Lipinski definition) is 4. The first-order chi connectivity index (χ1) is 10.2. The zero-order valence-electron chi connectivity index (χ0n) is 11.4. The number of rotatable bonds is 3. The Hall–Kier alpha value is -1.85. The zero-order chi connectivity index (χ0) is 14.8. The van der Waals surface area contributed by atoms with Crippen LogP contribution >= 0.6 is 24.0 Å². The fourth-order valence-electron chi connectivity index (χ4n) is 2.20. The quantitative estimate of drug-likeness (QED) is 0.626. The summed E-state index contributed by atoms with van der Waals surface area (Å²) in [5.41, 5.74) is 1.06. The highest BCUT2D eigenvalue weighted by Gasteiger charge is 2.36. The van der Waals surface area contributed by atoms with Crippen LogP contribution in [0.15, 0.2) is 58.1 Å². The normalized spacial score (nSPS) is 18.5. The number of furan rings is 1. The maximum Gasteiger partial charge on any atom is 0.266 e. The Morgan fingerprint density at radius 1 is 1.24 bits per heavy atom. The molecule has 0 spiro atoms. The van der Waals surface area contributed by atoms with E-state index in [0.29, 0.717) is 15.0 Å². The molecular formula is C16H13NO2S2. The molecule has 0 saturated carbocycles. The van der Waals surface area contributed by atoms with E-state index in [9.17, 15) is 4.79 Å². The number of nitrogens with zero attached hydrogens (tertiary/aromatic N) is 1. The third-order valence-corrected chi connectivity index (χ3v) is 4.64. The summed E-state index contributed by atoms with van der Waals surface area (Å²) in [6.07, 6.45) is 3.32. The Balaban J connectivity index is 1.88. The third-order valence-electron chi connectivity index (χ3n) is 3.31. The van der Waals surface area contributed by atoms with E-state index in [2.05, 4.69) is 0 Å². The van der Waals surface area contributed by atoms with Gasteiger partial charge < -0.3 is 4.42 Å². The minimum absolute atomic E-state index is 0.0715. The minimum Gasteiger partial charge on any atom is -0.465 e. The van der Waals surface area contributed by atoms with Gasteiger partial charge in [-0.05, 0) is 24.6 Å². The number of amides is 1. The Morgan fingerprint density at radius 3 is 2.67 bits per heavy atom. The van der Waals surface area contributed by atoms with Crippen molar-refractivity contribution in [3.05, 3.63) is 65.0 Å². The molecule has 1 saturated heterocycles. The molecule has 1 fully saturated rings. The number of carbonyl (C=O) groups is 1. The number of thiocarbonyl (C=S) groups is 1. The molecule has 106 valence electrons. The fourth-order valence-corrected chi connectivity index (χ4v) is 3.60. The highest BCUT2D eigenvalue weighted by Crippen LogP contribution is 2.37. The Morgan fingerprint density at radius 2 is 2.00 bits per heavy atom. The fraction of sp³-hybridized carbons (Fsp3) is 0.125. The minimum atomic E-state index is -0.0822. The molecule has 0 bridgehead atoms. The summed E-state index contributed by atoms with van der Waals surface area (Å²) in [6, 6.07) is 13.4. The maximum absolute atomic E-state index is 12.6. The molecule has 1 atom stereocenters. The first-order valence-electron chi connectivity index (χ1n) is 6.52. The van der Waals surface area contributed by atoms with Crippen LogP contribution in [0, 0.1) is 0 Å². The second kappa shape index (κ2) is 5.87. The van der Waals surface area contributed by atoms with E-state index in [4.69, 9.17) is 16.6 Å². The van der Waals surface area contributed by atoms with Gasteiger partial charge in [0.1, 0.15) is 10.1 Å². The van der Waals surface area contributed by atoms with E-state index in [0.717, 1.165) is 5.56 Å². The number of carbonyl (C=O) groups excluding carboxylic acids is 1. The molecular weight excluding hydrogens is 302 g/mol. The summed E-state index contributed by atoms with van der Waals surface area (Å²) in [5.74, 6) is 0.584. The van der Waals surface area contributed by atoms with Gasteiger partial charge in [0.25, 0.3) is 5.91 Å². The van der Waals surface area contributed by atoms with Gasteiger partial charge in [0.2, 0.25) is 0 Å².